The van der Waals surface area contributed by atoms with Crippen LogP contribution in [0.1, 0.15) is 32.6 Å². The van der Waals surface area contributed by atoms with Gasteiger partial charge in [0.15, 0.2) is 0 Å². The lowest BCUT2D eigenvalue weighted by molar-refractivity contribution is 0.0696. The van der Waals surface area contributed by atoms with E-state index in [4.69, 9.17) is 5.11 Å². The van der Waals surface area contributed by atoms with Gasteiger partial charge in [-0.1, -0.05) is 29.8 Å². The average molecular weight is 302 g/mol. The van der Waals surface area contributed by atoms with Crippen molar-refractivity contribution < 1.29 is 14.1 Å². The molecule has 0 fully saturated rings. The summed E-state index contributed by atoms with van der Waals surface area (Å²) in [7, 11) is -1.25. The van der Waals surface area contributed by atoms with Crippen molar-refractivity contribution in [1.29, 1.82) is 0 Å². The molecule has 2 aromatic rings. The number of carbonyl (C=O) groups is 1. The Morgan fingerprint density at radius 2 is 1.71 bits per heavy atom. The number of aromatic carboxylic acids is 1. The smallest absolute Gasteiger partial charge is 0.335 e. The first-order chi connectivity index (χ1) is 9.88. The van der Waals surface area contributed by atoms with Gasteiger partial charge < -0.3 is 5.11 Å². The van der Waals surface area contributed by atoms with Crippen LogP contribution in [-0.2, 0) is 16.6 Å². The van der Waals surface area contributed by atoms with Crippen LogP contribution in [0, 0.1) is 20.8 Å². The zero-order valence-corrected chi connectivity index (χ0v) is 13.2. The minimum Gasteiger partial charge on any atom is -0.478 e. The third-order valence-corrected chi connectivity index (χ3v) is 4.85. The molecular weight excluding hydrogens is 284 g/mol. The van der Waals surface area contributed by atoms with Crippen LogP contribution >= 0.6 is 0 Å². The normalized spacial score (nSPS) is 12.1. The molecule has 0 spiro atoms. The molecule has 2 aromatic carbocycles. The van der Waals surface area contributed by atoms with E-state index in [9.17, 15) is 9.00 Å². The Kier molecular flexibility index (Phi) is 4.58. The molecule has 0 saturated carbocycles. The molecule has 0 amide bonds. The molecule has 0 bridgehead atoms. The van der Waals surface area contributed by atoms with Gasteiger partial charge in [-0.25, -0.2) is 4.79 Å². The topological polar surface area (TPSA) is 54.4 Å². The predicted octanol–water partition coefficient (Wildman–Crippen LogP) is 3.62. The zero-order valence-electron chi connectivity index (χ0n) is 12.3. The first-order valence-electron chi connectivity index (χ1n) is 6.67. The van der Waals surface area contributed by atoms with E-state index in [-0.39, 0.29) is 5.56 Å². The lowest BCUT2D eigenvalue weighted by Gasteiger charge is -2.09. The monoisotopic (exact) mass is 302 g/mol. The van der Waals surface area contributed by atoms with E-state index in [1.54, 1.807) is 19.1 Å². The van der Waals surface area contributed by atoms with Crippen molar-refractivity contribution in [3.8, 4) is 0 Å². The third-order valence-electron chi connectivity index (χ3n) is 3.49. The molecule has 0 aliphatic carbocycles. The molecule has 3 nitrogen and oxygen atoms in total. The first-order valence-corrected chi connectivity index (χ1v) is 7.99. The summed E-state index contributed by atoms with van der Waals surface area (Å²) in [5.41, 5.74) is 4.14. The highest BCUT2D eigenvalue weighted by molar-refractivity contribution is 7.84. The highest BCUT2D eigenvalue weighted by atomic mass is 32.2. The number of hydrogen-bond acceptors (Lipinski definition) is 2. The van der Waals surface area contributed by atoms with E-state index in [1.165, 1.54) is 6.07 Å². The van der Waals surface area contributed by atoms with Crippen molar-refractivity contribution in [3.63, 3.8) is 0 Å². The minimum absolute atomic E-state index is 0.210. The maximum Gasteiger partial charge on any atom is 0.335 e. The number of hydrogen-bond donors (Lipinski definition) is 1. The predicted molar refractivity (Wildman–Crippen MR) is 84.2 cm³/mol. The van der Waals surface area contributed by atoms with Crippen molar-refractivity contribution >= 4 is 16.8 Å². The second-order valence-corrected chi connectivity index (χ2v) is 6.65. The highest BCUT2D eigenvalue weighted by Gasteiger charge is 2.12. The van der Waals surface area contributed by atoms with Crippen LogP contribution in [-0.4, -0.2) is 15.3 Å². The van der Waals surface area contributed by atoms with Crippen LogP contribution in [0.3, 0.4) is 0 Å². The summed E-state index contributed by atoms with van der Waals surface area (Å²) in [6.45, 7) is 5.73. The summed E-state index contributed by atoms with van der Waals surface area (Å²) in [4.78, 5) is 11.7. The molecule has 4 heteroatoms. The van der Waals surface area contributed by atoms with Crippen LogP contribution in [0.5, 0.6) is 0 Å². The Labute approximate surface area is 127 Å². The molecule has 0 aliphatic rings. The second kappa shape index (κ2) is 6.22. The largest absolute Gasteiger partial charge is 0.478 e. The second-order valence-electron chi connectivity index (χ2n) is 5.20. The van der Waals surface area contributed by atoms with Gasteiger partial charge in [-0.15, -0.1) is 0 Å². The van der Waals surface area contributed by atoms with Crippen molar-refractivity contribution in [1.82, 2.24) is 0 Å². The van der Waals surface area contributed by atoms with Crippen molar-refractivity contribution in [2.45, 2.75) is 31.4 Å². The Morgan fingerprint density at radius 1 is 1.05 bits per heavy atom. The summed E-state index contributed by atoms with van der Waals surface area (Å²) in [5, 5.41) is 9.14. The van der Waals surface area contributed by atoms with Gasteiger partial charge in [0.2, 0.25) is 0 Å². The number of carboxylic acid groups (broad SMARTS) is 1. The van der Waals surface area contributed by atoms with Crippen molar-refractivity contribution in [3.05, 3.63) is 64.2 Å². The van der Waals surface area contributed by atoms with Crippen LogP contribution < -0.4 is 0 Å². The standard InChI is InChI=1S/C17H18O3S/c1-11-4-5-12(2)14(8-11)10-21(20)15-7-6-13(3)16(9-15)17(18)19/h4-9H,10H2,1-3H3,(H,18,19). The molecule has 21 heavy (non-hydrogen) atoms. The number of carboxylic acids is 1. The molecule has 1 unspecified atom stereocenters. The molecule has 1 atom stereocenters. The van der Waals surface area contributed by atoms with Gasteiger partial charge >= 0.3 is 5.97 Å². The van der Waals surface area contributed by atoms with Gasteiger partial charge in [0.05, 0.1) is 22.1 Å². The lowest BCUT2D eigenvalue weighted by Crippen LogP contribution is -2.04. The summed E-state index contributed by atoms with van der Waals surface area (Å²) in [6, 6.07) is 11.0. The lowest BCUT2D eigenvalue weighted by atomic mass is 10.1. The molecule has 110 valence electrons. The Balaban J connectivity index is 2.30. The number of aryl methyl sites for hydroxylation is 3. The number of rotatable bonds is 4. The molecule has 0 saturated heterocycles. The van der Waals surface area contributed by atoms with Gasteiger partial charge in [0.1, 0.15) is 0 Å². The van der Waals surface area contributed by atoms with Crippen LogP contribution in [0.15, 0.2) is 41.3 Å². The van der Waals surface area contributed by atoms with E-state index in [0.29, 0.717) is 16.2 Å². The van der Waals surface area contributed by atoms with Crippen LogP contribution in [0.2, 0.25) is 0 Å². The molecular formula is C17H18O3S. The summed E-state index contributed by atoms with van der Waals surface area (Å²) in [5.74, 6) is -0.589. The van der Waals surface area contributed by atoms with Crippen molar-refractivity contribution in [2.75, 3.05) is 0 Å². The number of benzene rings is 2. The molecule has 1 N–H and O–H groups in total. The van der Waals surface area contributed by atoms with Crippen molar-refractivity contribution in [2.24, 2.45) is 0 Å². The molecule has 0 aliphatic heterocycles. The summed E-state index contributed by atoms with van der Waals surface area (Å²) < 4.78 is 12.5. The fourth-order valence-electron chi connectivity index (χ4n) is 2.15. The maximum absolute atomic E-state index is 12.5. The Hall–Kier alpha value is -1.94. The fourth-order valence-corrected chi connectivity index (χ4v) is 3.38. The summed E-state index contributed by atoms with van der Waals surface area (Å²) in [6.07, 6.45) is 0. The highest BCUT2D eigenvalue weighted by Crippen LogP contribution is 2.19. The van der Waals surface area contributed by atoms with E-state index >= 15 is 0 Å². The Bertz CT molecular complexity index is 720. The van der Waals surface area contributed by atoms with E-state index in [0.717, 1.165) is 16.7 Å². The Morgan fingerprint density at radius 3 is 2.38 bits per heavy atom. The molecule has 0 heterocycles. The fraction of sp³-hybridized carbons (Fsp3) is 0.235. The van der Waals surface area contributed by atoms with Crippen LogP contribution in [0.25, 0.3) is 0 Å². The average Bonchev–Trinajstić information content (AvgIpc) is 2.43. The quantitative estimate of drug-likeness (QED) is 0.938. The third kappa shape index (κ3) is 3.58. The first kappa shape index (κ1) is 15.4. The SMILES string of the molecule is Cc1ccc(C)c(CS(=O)c2ccc(C)c(C(=O)O)c2)c1. The summed E-state index contributed by atoms with van der Waals surface area (Å²) >= 11 is 0. The molecule has 0 radical (unpaired) electrons. The molecule has 2 rings (SSSR count). The maximum atomic E-state index is 12.5. The molecule has 0 aromatic heterocycles. The van der Waals surface area contributed by atoms with Crippen LogP contribution in [0.4, 0.5) is 0 Å². The van der Waals surface area contributed by atoms with Gasteiger partial charge in [-0.3, -0.25) is 4.21 Å². The van der Waals surface area contributed by atoms with Gasteiger partial charge in [0, 0.05) is 4.90 Å². The minimum atomic E-state index is -1.25. The van der Waals surface area contributed by atoms with Gasteiger partial charge in [0.25, 0.3) is 0 Å². The zero-order chi connectivity index (χ0) is 15.6. The van der Waals surface area contributed by atoms with E-state index in [2.05, 4.69) is 0 Å². The van der Waals surface area contributed by atoms with Gasteiger partial charge in [-0.05, 0) is 49.6 Å². The van der Waals surface area contributed by atoms with E-state index in [1.807, 2.05) is 32.0 Å². The van der Waals surface area contributed by atoms with Gasteiger partial charge in [-0.2, -0.15) is 0 Å². The van der Waals surface area contributed by atoms with E-state index < -0.39 is 16.8 Å².